The van der Waals surface area contributed by atoms with E-state index < -0.39 is 14.8 Å². The van der Waals surface area contributed by atoms with Gasteiger partial charge in [0.1, 0.15) is 10.6 Å². The fourth-order valence-corrected chi connectivity index (χ4v) is 8.30. The van der Waals surface area contributed by atoms with Crippen LogP contribution in [0.25, 0.3) is 22.3 Å². The molecular weight excluding hydrogens is 550 g/mol. The minimum absolute atomic E-state index is 0.413. The third-order valence-electron chi connectivity index (χ3n) is 8.68. The molecule has 0 amide bonds. The molecule has 0 spiro atoms. The first-order valence-electron chi connectivity index (χ1n) is 14.4. The van der Waals surface area contributed by atoms with Crippen LogP contribution in [0.5, 0.6) is 5.88 Å². The van der Waals surface area contributed by atoms with Gasteiger partial charge in [-0.1, -0.05) is 35.4 Å². The fourth-order valence-electron chi connectivity index (χ4n) is 6.57. The van der Waals surface area contributed by atoms with E-state index in [4.69, 9.17) is 19.8 Å². The molecule has 1 aromatic carbocycles. The number of hydrogen-bond acceptors (Lipinski definition) is 8. The van der Waals surface area contributed by atoms with Crippen LogP contribution in [0.2, 0.25) is 0 Å². The largest absolute Gasteiger partial charge is 0.481 e. The lowest BCUT2D eigenvalue weighted by atomic mass is 9.92. The monoisotopic (exact) mass is 585 g/mol. The number of hydrogen-bond donors (Lipinski definition) is 0. The first kappa shape index (κ1) is 26.9. The molecular formula is C31H35N7O3S. The molecule has 1 atom stereocenters. The SMILES string of the molecule is COc1nc(-c2cccc3c2cnn3S(=O)(=O)C2(C)C=C(C)C=C(C)C2)nc2c1CN(c1cc(C3CC3)nn1C)CC2. The highest BCUT2D eigenvalue weighted by molar-refractivity contribution is 7.91. The fraction of sp³-hybridized carbons (Fsp3) is 0.419. The summed E-state index contributed by atoms with van der Waals surface area (Å²) in [5.41, 5.74) is 6.24. The van der Waals surface area contributed by atoms with Crippen LogP contribution in [0.4, 0.5) is 5.82 Å². The highest BCUT2D eigenvalue weighted by atomic mass is 32.2. The third-order valence-corrected chi connectivity index (χ3v) is 10.9. The predicted octanol–water partition coefficient (Wildman–Crippen LogP) is 4.91. The first-order chi connectivity index (χ1) is 20.1. The number of aromatic nitrogens is 6. The Kier molecular flexibility index (Phi) is 6.09. The standard InChI is InChI=1S/C31H35N7O3S/c1-19-13-20(2)16-31(3,15-19)42(39,40)38-27-8-6-7-22(23(27)17-32-38)29-33-25-11-12-37(18-24(25)30(34-29)41-5)28-14-26(21-9-10-21)35-36(28)4/h6-8,13-15,17,21H,9-12,16,18H2,1-5H3. The Labute approximate surface area is 245 Å². The Balaban J connectivity index is 1.25. The second-order valence-electron chi connectivity index (χ2n) is 12.1. The zero-order valence-electron chi connectivity index (χ0n) is 24.6. The molecule has 0 saturated heterocycles. The van der Waals surface area contributed by atoms with Crippen LogP contribution in [0.1, 0.15) is 62.9 Å². The molecule has 2 aliphatic carbocycles. The third kappa shape index (κ3) is 4.24. The van der Waals surface area contributed by atoms with E-state index in [2.05, 4.69) is 16.1 Å². The molecule has 1 aliphatic heterocycles. The van der Waals surface area contributed by atoms with Gasteiger partial charge in [0.2, 0.25) is 5.88 Å². The molecule has 0 N–H and O–H groups in total. The molecule has 4 aromatic rings. The lowest BCUT2D eigenvalue weighted by molar-refractivity contribution is 0.388. The minimum atomic E-state index is -3.86. The molecule has 218 valence electrons. The summed E-state index contributed by atoms with van der Waals surface area (Å²) >= 11 is 0. The van der Waals surface area contributed by atoms with Crippen molar-refractivity contribution in [1.29, 1.82) is 0 Å². The summed E-state index contributed by atoms with van der Waals surface area (Å²) in [5.74, 6) is 2.71. The van der Waals surface area contributed by atoms with Crippen molar-refractivity contribution < 1.29 is 13.2 Å². The molecule has 11 heteroatoms. The number of ether oxygens (including phenoxy) is 1. The van der Waals surface area contributed by atoms with Gasteiger partial charge in [-0.2, -0.15) is 19.3 Å². The van der Waals surface area contributed by atoms with Crippen LogP contribution in [0.15, 0.2) is 53.8 Å². The van der Waals surface area contributed by atoms with Gasteiger partial charge in [-0.15, -0.1) is 0 Å². The normalized spacial score (nSPS) is 20.8. The lowest BCUT2D eigenvalue weighted by Gasteiger charge is -2.30. The summed E-state index contributed by atoms with van der Waals surface area (Å²) in [6.45, 7) is 7.08. The van der Waals surface area contributed by atoms with Gasteiger partial charge in [0.05, 0.1) is 42.3 Å². The van der Waals surface area contributed by atoms with Crippen molar-refractivity contribution in [2.24, 2.45) is 7.05 Å². The van der Waals surface area contributed by atoms with Crippen molar-refractivity contribution in [2.45, 2.75) is 63.7 Å². The number of fused-ring (bicyclic) bond motifs is 2. The lowest BCUT2D eigenvalue weighted by Crippen LogP contribution is -2.39. The molecule has 10 nitrogen and oxygen atoms in total. The summed E-state index contributed by atoms with van der Waals surface area (Å²) in [5, 5.41) is 9.82. The molecule has 0 radical (unpaired) electrons. The summed E-state index contributed by atoms with van der Waals surface area (Å²) in [4.78, 5) is 12.1. The Morgan fingerprint density at radius 1 is 1.14 bits per heavy atom. The number of aryl methyl sites for hydroxylation is 1. The number of allylic oxidation sites excluding steroid dienone is 3. The molecule has 7 rings (SSSR count). The molecule has 0 bridgehead atoms. The topological polar surface area (TPSA) is 108 Å². The van der Waals surface area contributed by atoms with Crippen molar-refractivity contribution >= 4 is 26.7 Å². The number of benzene rings is 1. The van der Waals surface area contributed by atoms with E-state index in [1.165, 1.54) is 22.6 Å². The van der Waals surface area contributed by atoms with Crippen LogP contribution in [-0.4, -0.2) is 55.8 Å². The van der Waals surface area contributed by atoms with Crippen molar-refractivity contribution in [2.75, 3.05) is 18.6 Å². The Morgan fingerprint density at radius 3 is 2.69 bits per heavy atom. The van der Waals surface area contributed by atoms with Crippen LogP contribution < -0.4 is 9.64 Å². The summed E-state index contributed by atoms with van der Waals surface area (Å²) in [6, 6.07) is 7.73. The minimum Gasteiger partial charge on any atom is -0.481 e. The Hall–Kier alpha value is -3.99. The maximum Gasteiger partial charge on any atom is 0.263 e. The molecule has 3 aromatic heterocycles. The zero-order chi connectivity index (χ0) is 29.4. The van der Waals surface area contributed by atoms with Crippen LogP contribution in [0.3, 0.4) is 0 Å². The second kappa shape index (κ2) is 9.52. The Bertz CT molecular complexity index is 1900. The molecule has 1 fully saturated rings. The van der Waals surface area contributed by atoms with Crippen molar-refractivity contribution in [3.63, 3.8) is 0 Å². The van der Waals surface area contributed by atoms with Gasteiger partial charge >= 0.3 is 0 Å². The number of rotatable bonds is 6. The number of anilines is 1. The van der Waals surface area contributed by atoms with Crippen LogP contribution in [-0.2, 0) is 30.0 Å². The van der Waals surface area contributed by atoms with E-state index in [9.17, 15) is 8.42 Å². The van der Waals surface area contributed by atoms with Crippen LogP contribution in [0, 0.1) is 0 Å². The summed E-state index contributed by atoms with van der Waals surface area (Å²) in [6.07, 6.45) is 9.03. The molecule has 1 saturated carbocycles. The maximum absolute atomic E-state index is 14.0. The smallest absolute Gasteiger partial charge is 0.263 e. The highest BCUT2D eigenvalue weighted by Gasteiger charge is 2.41. The van der Waals surface area contributed by atoms with Gasteiger partial charge in [-0.05, 0) is 46.1 Å². The van der Waals surface area contributed by atoms with E-state index in [0.29, 0.717) is 41.5 Å². The summed E-state index contributed by atoms with van der Waals surface area (Å²) < 4.78 is 35.8. The average molecular weight is 586 g/mol. The molecule has 42 heavy (non-hydrogen) atoms. The zero-order valence-corrected chi connectivity index (χ0v) is 25.4. The van der Waals surface area contributed by atoms with Gasteiger partial charge < -0.3 is 9.64 Å². The van der Waals surface area contributed by atoms with E-state index in [0.717, 1.165) is 46.8 Å². The molecule has 1 unspecified atom stereocenters. The number of nitrogens with zero attached hydrogens (tertiary/aromatic N) is 7. The average Bonchev–Trinajstić information content (AvgIpc) is 3.58. The van der Waals surface area contributed by atoms with E-state index in [1.807, 2.05) is 49.9 Å². The maximum atomic E-state index is 14.0. The summed E-state index contributed by atoms with van der Waals surface area (Å²) in [7, 11) is -0.236. The molecule has 3 aliphatic rings. The quantitative estimate of drug-likeness (QED) is 0.314. The van der Waals surface area contributed by atoms with E-state index in [-0.39, 0.29) is 0 Å². The van der Waals surface area contributed by atoms with Crippen molar-refractivity contribution in [3.05, 3.63) is 70.7 Å². The van der Waals surface area contributed by atoms with Gasteiger partial charge in [-0.25, -0.2) is 13.4 Å². The van der Waals surface area contributed by atoms with Crippen molar-refractivity contribution in [1.82, 2.24) is 28.9 Å². The highest BCUT2D eigenvalue weighted by Crippen LogP contribution is 2.41. The Morgan fingerprint density at radius 2 is 1.95 bits per heavy atom. The first-order valence-corrected chi connectivity index (χ1v) is 15.8. The van der Waals surface area contributed by atoms with Gasteiger partial charge in [0, 0.05) is 42.9 Å². The number of methoxy groups -OCH3 is 1. The van der Waals surface area contributed by atoms with Gasteiger partial charge in [-0.3, -0.25) is 4.68 Å². The van der Waals surface area contributed by atoms with Gasteiger partial charge in [0.25, 0.3) is 10.0 Å². The van der Waals surface area contributed by atoms with Crippen LogP contribution >= 0.6 is 0 Å². The van der Waals surface area contributed by atoms with E-state index in [1.54, 1.807) is 26.3 Å². The van der Waals surface area contributed by atoms with E-state index >= 15 is 0 Å². The molecule has 4 heterocycles. The second-order valence-corrected chi connectivity index (χ2v) is 14.3. The van der Waals surface area contributed by atoms with Crippen molar-refractivity contribution in [3.8, 4) is 17.3 Å². The van der Waals surface area contributed by atoms with Gasteiger partial charge in [0.15, 0.2) is 5.82 Å². The predicted molar refractivity (Wildman–Crippen MR) is 162 cm³/mol.